The third-order valence-corrected chi connectivity index (χ3v) is 6.45. The Hall–Kier alpha value is -2.11. The van der Waals surface area contributed by atoms with Gasteiger partial charge >= 0.3 is 5.97 Å². The predicted molar refractivity (Wildman–Crippen MR) is 111 cm³/mol. The Morgan fingerprint density at radius 3 is 2.24 bits per heavy atom. The molecule has 0 N–H and O–H groups in total. The van der Waals surface area contributed by atoms with Crippen molar-refractivity contribution in [3.8, 4) is 0 Å². The molecule has 2 fully saturated rings. The minimum Gasteiger partial charge on any atom is -0.455 e. The van der Waals surface area contributed by atoms with E-state index in [1.165, 1.54) is 6.07 Å². The van der Waals surface area contributed by atoms with Crippen molar-refractivity contribution in [3.63, 3.8) is 0 Å². The molecule has 0 bridgehead atoms. The van der Waals surface area contributed by atoms with Gasteiger partial charge in [-0.25, -0.2) is 4.39 Å². The van der Waals surface area contributed by atoms with Crippen molar-refractivity contribution >= 4 is 17.6 Å². The first-order valence-corrected chi connectivity index (χ1v) is 10.7. The average Bonchev–Trinajstić information content (AvgIpc) is 2.72. The van der Waals surface area contributed by atoms with Gasteiger partial charge in [0, 0.05) is 26.2 Å². The van der Waals surface area contributed by atoms with Crippen molar-refractivity contribution in [2.75, 3.05) is 37.7 Å². The van der Waals surface area contributed by atoms with Crippen LogP contribution in [0.5, 0.6) is 0 Å². The smallest absolute Gasteiger partial charge is 0.309 e. The molecule has 29 heavy (non-hydrogen) atoms. The van der Waals surface area contributed by atoms with Crippen LogP contribution in [0.2, 0.25) is 0 Å². The van der Waals surface area contributed by atoms with Gasteiger partial charge in [0.15, 0.2) is 6.61 Å². The summed E-state index contributed by atoms with van der Waals surface area (Å²) in [5.74, 6) is -0.105. The first kappa shape index (κ1) is 21.6. The number of ether oxygens (including phenoxy) is 1. The number of nitrogens with zero attached hydrogens (tertiary/aromatic N) is 2. The van der Waals surface area contributed by atoms with Crippen molar-refractivity contribution in [2.45, 2.75) is 46.5 Å². The Kier molecular flexibility index (Phi) is 6.81. The second-order valence-electron chi connectivity index (χ2n) is 9.34. The number of benzene rings is 1. The van der Waals surface area contributed by atoms with Gasteiger partial charge in [-0.3, -0.25) is 9.59 Å². The Morgan fingerprint density at radius 2 is 1.66 bits per heavy atom. The minimum absolute atomic E-state index is 0.0840. The lowest BCUT2D eigenvalue weighted by atomic mass is 9.70. The molecule has 0 aromatic heterocycles. The molecule has 160 valence electrons. The number of piperazine rings is 1. The highest BCUT2D eigenvalue weighted by Gasteiger charge is 2.33. The molecule has 1 aliphatic heterocycles. The maximum atomic E-state index is 13.9. The fourth-order valence-electron chi connectivity index (χ4n) is 4.44. The van der Waals surface area contributed by atoms with Crippen molar-refractivity contribution in [1.82, 2.24) is 4.90 Å². The summed E-state index contributed by atoms with van der Waals surface area (Å²) in [6.07, 6.45) is 3.76. The van der Waals surface area contributed by atoms with E-state index in [4.69, 9.17) is 4.74 Å². The normalized spacial score (nSPS) is 23.0. The summed E-state index contributed by atoms with van der Waals surface area (Å²) in [5.41, 5.74) is 0.840. The van der Waals surface area contributed by atoms with Crippen LogP contribution in [0, 0.1) is 23.1 Å². The molecular weight excluding hydrogens is 371 g/mol. The van der Waals surface area contributed by atoms with E-state index in [1.807, 2.05) is 11.0 Å². The Bertz CT molecular complexity index is 715. The van der Waals surface area contributed by atoms with Crippen LogP contribution in [0.4, 0.5) is 10.1 Å². The van der Waals surface area contributed by atoms with E-state index < -0.39 is 0 Å². The number of para-hydroxylation sites is 1. The second-order valence-corrected chi connectivity index (χ2v) is 9.34. The molecule has 0 unspecified atom stereocenters. The molecular formula is C23H33FN2O3. The van der Waals surface area contributed by atoms with Crippen LogP contribution in [0.25, 0.3) is 0 Å². The Labute approximate surface area is 173 Å². The average molecular weight is 405 g/mol. The monoisotopic (exact) mass is 404 g/mol. The van der Waals surface area contributed by atoms with Crippen LogP contribution in [-0.4, -0.2) is 49.6 Å². The second kappa shape index (κ2) is 9.14. The Balaban J connectivity index is 1.40. The summed E-state index contributed by atoms with van der Waals surface area (Å²) >= 11 is 0. The third-order valence-electron chi connectivity index (χ3n) is 6.45. The zero-order valence-electron chi connectivity index (χ0n) is 17.8. The topological polar surface area (TPSA) is 49.9 Å². The number of hydrogen-bond acceptors (Lipinski definition) is 4. The number of halogens is 1. The van der Waals surface area contributed by atoms with Crippen molar-refractivity contribution < 1.29 is 18.7 Å². The van der Waals surface area contributed by atoms with Gasteiger partial charge in [0.25, 0.3) is 5.91 Å². The van der Waals surface area contributed by atoms with Crippen molar-refractivity contribution in [1.29, 1.82) is 0 Å². The number of carbonyl (C=O) groups excluding carboxylic acids is 2. The van der Waals surface area contributed by atoms with E-state index in [9.17, 15) is 14.0 Å². The number of amides is 1. The largest absolute Gasteiger partial charge is 0.455 e. The molecule has 1 aromatic carbocycles. The van der Waals surface area contributed by atoms with Gasteiger partial charge in [-0.1, -0.05) is 32.9 Å². The van der Waals surface area contributed by atoms with E-state index in [-0.39, 0.29) is 35.6 Å². The Morgan fingerprint density at radius 1 is 1.03 bits per heavy atom. The molecule has 1 aliphatic carbocycles. The molecule has 1 amide bonds. The van der Waals surface area contributed by atoms with Gasteiger partial charge in [0.2, 0.25) is 0 Å². The number of rotatable bonds is 4. The standard InChI is InChI=1S/C23H33FN2O3/c1-23(2,3)18-10-8-17(9-11-18)22(28)29-16-21(27)26-14-12-25(13-15-26)20-7-5-4-6-19(20)24/h4-7,17-18H,8-16H2,1-3H3. The lowest BCUT2D eigenvalue weighted by Gasteiger charge is -2.37. The molecule has 0 radical (unpaired) electrons. The maximum absolute atomic E-state index is 13.9. The number of hydrogen-bond donors (Lipinski definition) is 0. The molecule has 1 heterocycles. The molecule has 1 aromatic rings. The number of anilines is 1. The highest BCUT2D eigenvalue weighted by molar-refractivity contribution is 5.81. The van der Waals surface area contributed by atoms with E-state index in [0.29, 0.717) is 37.8 Å². The summed E-state index contributed by atoms with van der Waals surface area (Å²) in [4.78, 5) is 28.4. The summed E-state index contributed by atoms with van der Waals surface area (Å²) in [7, 11) is 0. The van der Waals surface area contributed by atoms with Crippen LogP contribution >= 0.6 is 0 Å². The van der Waals surface area contributed by atoms with Crippen LogP contribution < -0.4 is 4.90 Å². The summed E-state index contributed by atoms with van der Waals surface area (Å²) in [5, 5.41) is 0. The lowest BCUT2D eigenvalue weighted by molar-refractivity contribution is -0.157. The molecule has 1 saturated carbocycles. The van der Waals surface area contributed by atoms with Gasteiger partial charge in [-0.05, 0) is 49.1 Å². The SMILES string of the molecule is CC(C)(C)C1CCC(C(=O)OCC(=O)N2CCN(c3ccccc3F)CC2)CC1. The van der Waals surface area contributed by atoms with Crippen LogP contribution in [-0.2, 0) is 14.3 Å². The molecule has 5 nitrogen and oxygen atoms in total. The first-order chi connectivity index (χ1) is 13.8. The van der Waals surface area contributed by atoms with Crippen LogP contribution in [0.15, 0.2) is 24.3 Å². The van der Waals surface area contributed by atoms with E-state index in [0.717, 1.165) is 25.7 Å². The van der Waals surface area contributed by atoms with Crippen LogP contribution in [0.1, 0.15) is 46.5 Å². The summed E-state index contributed by atoms with van der Waals surface area (Å²) in [6, 6.07) is 6.68. The van der Waals surface area contributed by atoms with E-state index in [2.05, 4.69) is 20.8 Å². The van der Waals surface area contributed by atoms with Crippen molar-refractivity contribution in [3.05, 3.63) is 30.1 Å². The summed E-state index contributed by atoms with van der Waals surface area (Å²) in [6.45, 7) is 8.69. The molecule has 2 aliphatic rings. The highest BCUT2D eigenvalue weighted by Crippen LogP contribution is 2.40. The van der Waals surface area contributed by atoms with Crippen molar-refractivity contribution in [2.24, 2.45) is 17.3 Å². The molecule has 6 heteroatoms. The lowest BCUT2D eigenvalue weighted by Crippen LogP contribution is -2.50. The minimum atomic E-state index is -0.248. The van der Waals surface area contributed by atoms with Gasteiger partial charge < -0.3 is 14.5 Å². The van der Waals surface area contributed by atoms with E-state index >= 15 is 0 Å². The van der Waals surface area contributed by atoms with Gasteiger partial charge in [-0.2, -0.15) is 0 Å². The first-order valence-electron chi connectivity index (χ1n) is 10.7. The molecule has 0 atom stereocenters. The van der Waals surface area contributed by atoms with Gasteiger partial charge in [-0.15, -0.1) is 0 Å². The molecule has 1 saturated heterocycles. The third kappa shape index (κ3) is 5.49. The van der Waals surface area contributed by atoms with E-state index in [1.54, 1.807) is 17.0 Å². The number of carbonyl (C=O) groups is 2. The highest BCUT2D eigenvalue weighted by atomic mass is 19.1. The molecule has 0 spiro atoms. The molecule has 3 rings (SSSR count). The summed E-state index contributed by atoms with van der Waals surface area (Å²) < 4.78 is 19.3. The fraction of sp³-hybridized carbons (Fsp3) is 0.652. The number of esters is 1. The van der Waals surface area contributed by atoms with Gasteiger partial charge in [0.1, 0.15) is 5.82 Å². The maximum Gasteiger partial charge on any atom is 0.309 e. The van der Waals surface area contributed by atoms with Crippen LogP contribution in [0.3, 0.4) is 0 Å². The van der Waals surface area contributed by atoms with Gasteiger partial charge in [0.05, 0.1) is 11.6 Å². The predicted octanol–water partition coefficient (Wildman–Crippen LogP) is 3.87. The quantitative estimate of drug-likeness (QED) is 0.715. The zero-order chi connectivity index (χ0) is 21.0. The fourth-order valence-corrected chi connectivity index (χ4v) is 4.44. The zero-order valence-corrected chi connectivity index (χ0v) is 17.8.